The fraction of sp³-hybridized carbons (Fsp3) is 0.538. The molecule has 0 unspecified atom stereocenters. The second-order valence-electron chi connectivity index (χ2n) is 4.55. The van der Waals surface area contributed by atoms with Gasteiger partial charge in [-0.2, -0.15) is 0 Å². The van der Waals surface area contributed by atoms with Crippen molar-refractivity contribution in [3.05, 3.63) is 17.6 Å². The van der Waals surface area contributed by atoms with E-state index in [1.54, 1.807) is 0 Å². The Hall–Kier alpha value is -1.62. The fourth-order valence-electron chi connectivity index (χ4n) is 2.01. The van der Waals surface area contributed by atoms with Gasteiger partial charge in [-0.1, -0.05) is 0 Å². The van der Waals surface area contributed by atoms with E-state index in [1.165, 1.54) is 0 Å². The number of aliphatic hydroxyl groups excluding tert-OH is 1. The molecule has 0 radical (unpaired) electrons. The first kappa shape index (κ1) is 12.8. The smallest absolute Gasteiger partial charge is 0.143 e. The molecule has 0 aromatic carbocycles. The van der Waals surface area contributed by atoms with Crippen LogP contribution >= 0.6 is 0 Å². The fourth-order valence-corrected chi connectivity index (χ4v) is 2.01. The molecule has 2 aromatic heterocycles. The van der Waals surface area contributed by atoms with E-state index >= 15 is 0 Å². The van der Waals surface area contributed by atoms with Crippen LogP contribution in [-0.2, 0) is 0 Å². The Labute approximate surface area is 107 Å². The Morgan fingerprint density at radius 1 is 1.22 bits per heavy atom. The number of nitrogens with zero attached hydrogens (tertiary/aromatic N) is 2. The van der Waals surface area contributed by atoms with Crippen LogP contribution in [0.1, 0.15) is 30.8 Å². The van der Waals surface area contributed by atoms with Crippen LogP contribution in [0.3, 0.4) is 0 Å². The van der Waals surface area contributed by atoms with Crippen LogP contribution in [-0.4, -0.2) is 33.2 Å². The quantitative estimate of drug-likeness (QED) is 0.685. The minimum Gasteiger partial charge on any atom is -0.396 e. The normalized spacial score (nSPS) is 11.1. The number of hydrogen-bond acceptors (Lipinski definition) is 4. The molecular formula is C13H20N4O. The molecule has 0 aliphatic heterocycles. The van der Waals surface area contributed by atoms with E-state index in [4.69, 9.17) is 5.11 Å². The van der Waals surface area contributed by atoms with Crippen molar-refractivity contribution < 1.29 is 5.11 Å². The molecule has 2 heterocycles. The van der Waals surface area contributed by atoms with Crippen molar-refractivity contribution in [3.8, 4) is 0 Å². The summed E-state index contributed by atoms with van der Waals surface area (Å²) >= 11 is 0. The number of fused-ring (bicyclic) bond motifs is 1. The monoisotopic (exact) mass is 248 g/mol. The highest BCUT2D eigenvalue weighted by molar-refractivity contribution is 5.87. The molecule has 5 heteroatoms. The van der Waals surface area contributed by atoms with Crippen LogP contribution in [0.5, 0.6) is 0 Å². The lowest BCUT2D eigenvalue weighted by atomic mass is 10.2. The SMILES string of the molecule is Cc1nc(NCCCCCO)c2cc(C)[nH]c2n1. The van der Waals surface area contributed by atoms with Crippen LogP contribution in [0.4, 0.5) is 5.82 Å². The van der Waals surface area contributed by atoms with Crippen LogP contribution in [0.2, 0.25) is 0 Å². The molecule has 2 aromatic rings. The second-order valence-corrected chi connectivity index (χ2v) is 4.55. The van der Waals surface area contributed by atoms with Gasteiger partial charge in [-0.3, -0.25) is 0 Å². The van der Waals surface area contributed by atoms with Crippen molar-refractivity contribution in [2.24, 2.45) is 0 Å². The summed E-state index contributed by atoms with van der Waals surface area (Å²) in [6, 6.07) is 2.06. The third kappa shape index (κ3) is 2.98. The highest BCUT2D eigenvalue weighted by atomic mass is 16.2. The van der Waals surface area contributed by atoms with Gasteiger partial charge in [0.25, 0.3) is 0 Å². The van der Waals surface area contributed by atoms with Crippen molar-refractivity contribution >= 4 is 16.9 Å². The molecule has 18 heavy (non-hydrogen) atoms. The Balaban J connectivity index is 2.07. The number of aryl methyl sites for hydroxylation is 2. The first-order chi connectivity index (χ1) is 8.70. The zero-order chi connectivity index (χ0) is 13.0. The third-order valence-corrected chi connectivity index (χ3v) is 2.86. The number of aromatic nitrogens is 3. The molecule has 0 fully saturated rings. The topological polar surface area (TPSA) is 73.8 Å². The number of rotatable bonds is 6. The lowest BCUT2D eigenvalue weighted by Crippen LogP contribution is -2.05. The maximum atomic E-state index is 8.72. The Morgan fingerprint density at radius 3 is 2.83 bits per heavy atom. The molecule has 98 valence electrons. The largest absolute Gasteiger partial charge is 0.396 e. The van der Waals surface area contributed by atoms with Gasteiger partial charge in [-0.05, 0) is 39.2 Å². The number of H-pyrrole nitrogens is 1. The number of aliphatic hydroxyl groups is 1. The third-order valence-electron chi connectivity index (χ3n) is 2.86. The van der Waals surface area contributed by atoms with Gasteiger partial charge in [-0.25, -0.2) is 9.97 Å². The average molecular weight is 248 g/mol. The van der Waals surface area contributed by atoms with Crippen LogP contribution in [0.25, 0.3) is 11.0 Å². The predicted molar refractivity (Wildman–Crippen MR) is 72.8 cm³/mol. The molecule has 0 bridgehead atoms. The minimum atomic E-state index is 0.272. The molecule has 2 rings (SSSR count). The summed E-state index contributed by atoms with van der Waals surface area (Å²) in [6.45, 7) is 5.05. The van der Waals surface area contributed by atoms with E-state index in [0.717, 1.165) is 54.2 Å². The van der Waals surface area contributed by atoms with E-state index in [0.29, 0.717) is 0 Å². The molecule has 0 aliphatic carbocycles. The molecule has 0 saturated heterocycles. The van der Waals surface area contributed by atoms with Crippen LogP contribution in [0.15, 0.2) is 6.07 Å². The molecule has 0 amide bonds. The lowest BCUT2D eigenvalue weighted by Gasteiger charge is -2.07. The van der Waals surface area contributed by atoms with Crippen molar-refractivity contribution in [2.45, 2.75) is 33.1 Å². The van der Waals surface area contributed by atoms with Gasteiger partial charge in [0.15, 0.2) is 0 Å². The molecular weight excluding hydrogens is 228 g/mol. The van der Waals surface area contributed by atoms with E-state index in [1.807, 2.05) is 13.8 Å². The molecule has 5 nitrogen and oxygen atoms in total. The minimum absolute atomic E-state index is 0.272. The van der Waals surface area contributed by atoms with E-state index in [2.05, 4.69) is 26.3 Å². The molecule has 3 N–H and O–H groups in total. The van der Waals surface area contributed by atoms with Crippen LogP contribution < -0.4 is 5.32 Å². The summed E-state index contributed by atoms with van der Waals surface area (Å²) in [5, 5.41) is 13.1. The Bertz CT molecular complexity index is 521. The molecule has 0 saturated carbocycles. The molecule has 0 spiro atoms. The zero-order valence-corrected chi connectivity index (χ0v) is 11.0. The standard InChI is InChI=1S/C13H20N4O/c1-9-8-11-12(14-6-4-3-5-7-18)16-10(2)17-13(11)15-9/h8,18H,3-7H2,1-2H3,(H2,14,15,16,17). The Morgan fingerprint density at radius 2 is 2.06 bits per heavy atom. The molecule has 0 aliphatic rings. The lowest BCUT2D eigenvalue weighted by molar-refractivity contribution is 0.283. The maximum Gasteiger partial charge on any atom is 0.143 e. The van der Waals surface area contributed by atoms with Crippen molar-refractivity contribution in [2.75, 3.05) is 18.5 Å². The van der Waals surface area contributed by atoms with E-state index in [9.17, 15) is 0 Å². The maximum absolute atomic E-state index is 8.72. The predicted octanol–water partition coefficient (Wildman–Crippen LogP) is 2.15. The number of unbranched alkanes of at least 4 members (excludes halogenated alkanes) is 2. The Kier molecular flexibility index (Phi) is 4.15. The number of anilines is 1. The summed E-state index contributed by atoms with van der Waals surface area (Å²) in [5.74, 6) is 1.66. The summed E-state index contributed by atoms with van der Waals surface area (Å²) in [5.41, 5.74) is 1.98. The highest BCUT2D eigenvalue weighted by Gasteiger charge is 2.07. The van der Waals surface area contributed by atoms with Gasteiger partial charge >= 0.3 is 0 Å². The van der Waals surface area contributed by atoms with Gasteiger partial charge in [0.05, 0.1) is 5.39 Å². The number of nitrogens with one attached hydrogen (secondary N) is 2. The first-order valence-corrected chi connectivity index (χ1v) is 6.39. The first-order valence-electron chi connectivity index (χ1n) is 6.39. The molecule has 0 atom stereocenters. The summed E-state index contributed by atoms with van der Waals surface area (Å²) in [7, 11) is 0. The zero-order valence-electron chi connectivity index (χ0n) is 11.0. The summed E-state index contributed by atoms with van der Waals surface area (Å²) < 4.78 is 0. The highest BCUT2D eigenvalue weighted by Crippen LogP contribution is 2.21. The second kappa shape index (κ2) is 5.82. The van der Waals surface area contributed by atoms with Gasteiger partial charge in [0.2, 0.25) is 0 Å². The van der Waals surface area contributed by atoms with Crippen molar-refractivity contribution in [1.29, 1.82) is 0 Å². The van der Waals surface area contributed by atoms with E-state index < -0.39 is 0 Å². The summed E-state index contributed by atoms with van der Waals surface area (Å²) in [6.07, 6.45) is 2.93. The summed E-state index contributed by atoms with van der Waals surface area (Å²) in [4.78, 5) is 12.0. The number of hydrogen-bond donors (Lipinski definition) is 3. The van der Waals surface area contributed by atoms with Crippen molar-refractivity contribution in [3.63, 3.8) is 0 Å². The van der Waals surface area contributed by atoms with Gasteiger partial charge in [0, 0.05) is 18.8 Å². The van der Waals surface area contributed by atoms with Crippen LogP contribution in [0, 0.1) is 13.8 Å². The number of aromatic amines is 1. The van der Waals surface area contributed by atoms with Gasteiger partial charge < -0.3 is 15.4 Å². The van der Waals surface area contributed by atoms with Gasteiger partial charge in [-0.15, -0.1) is 0 Å². The van der Waals surface area contributed by atoms with Crippen molar-refractivity contribution in [1.82, 2.24) is 15.0 Å². The van der Waals surface area contributed by atoms with Gasteiger partial charge in [0.1, 0.15) is 17.3 Å². The van der Waals surface area contributed by atoms with E-state index in [-0.39, 0.29) is 6.61 Å². The average Bonchev–Trinajstić information content (AvgIpc) is 2.69.